The molecule has 0 unspecified atom stereocenters. The quantitative estimate of drug-likeness (QED) is 0.692. The van der Waals surface area contributed by atoms with Crippen molar-refractivity contribution in [3.05, 3.63) is 84.0 Å². The Bertz CT molecular complexity index is 795. The Morgan fingerprint density at radius 2 is 1.33 bits per heavy atom. The molecule has 24 heavy (non-hydrogen) atoms. The summed E-state index contributed by atoms with van der Waals surface area (Å²) in [6, 6.07) is 15.8. The third-order valence-corrected chi connectivity index (χ3v) is 3.95. The Kier molecular flexibility index (Phi) is 5.64. The van der Waals surface area contributed by atoms with Gasteiger partial charge in [0.05, 0.1) is 0 Å². The summed E-state index contributed by atoms with van der Waals surface area (Å²) in [5.41, 5.74) is 5.15. The highest BCUT2D eigenvalue weighted by Gasteiger charge is 2.10. The number of ketones is 2. The van der Waals surface area contributed by atoms with Crippen molar-refractivity contribution in [3.63, 3.8) is 0 Å². The number of hydrogen-bond acceptors (Lipinski definition) is 2. The minimum absolute atomic E-state index is 0.0473. The number of carbonyl (C=O) groups is 2. The lowest BCUT2D eigenvalue weighted by Gasteiger charge is -2.10. The van der Waals surface area contributed by atoms with E-state index in [4.69, 9.17) is 0 Å². The largest absolute Gasteiger partial charge is 0.294 e. The molecule has 0 heterocycles. The lowest BCUT2D eigenvalue weighted by molar-refractivity contribution is -0.115. The number of Topliss-reactive ketones (excluding diaryl/α,β-unsaturated/α-hetero) is 2. The van der Waals surface area contributed by atoms with E-state index in [1.54, 1.807) is 13.8 Å². The van der Waals surface area contributed by atoms with Crippen molar-refractivity contribution in [3.8, 4) is 11.1 Å². The molecule has 2 nitrogen and oxygen atoms in total. The van der Waals surface area contributed by atoms with Crippen molar-refractivity contribution in [1.82, 2.24) is 0 Å². The number of benzene rings is 2. The Morgan fingerprint density at radius 3 is 1.92 bits per heavy atom. The molecular weight excluding hydrogens is 296 g/mol. The van der Waals surface area contributed by atoms with E-state index in [0.29, 0.717) is 24.0 Å². The molecule has 2 aromatic carbocycles. The summed E-state index contributed by atoms with van der Waals surface area (Å²) in [4.78, 5) is 23.8. The monoisotopic (exact) mass is 318 g/mol. The lowest BCUT2D eigenvalue weighted by Crippen LogP contribution is -2.04. The molecule has 0 bridgehead atoms. The molecule has 2 aromatic rings. The van der Waals surface area contributed by atoms with Gasteiger partial charge in [-0.15, -0.1) is 0 Å². The van der Waals surface area contributed by atoms with Crippen LogP contribution >= 0.6 is 0 Å². The molecule has 0 aliphatic carbocycles. The molecule has 2 heteroatoms. The summed E-state index contributed by atoms with van der Waals surface area (Å²) in [5.74, 6) is 0.0985. The van der Waals surface area contributed by atoms with Crippen LogP contribution in [0.2, 0.25) is 0 Å². The van der Waals surface area contributed by atoms with Crippen molar-refractivity contribution < 1.29 is 9.59 Å². The Balaban J connectivity index is 2.26. The first-order valence-electron chi connectivity index (χ1n) is 7.93. The smallest absolute Gasteiger partial charge is 0.162 e. The normalized spacial score (nSPS) is 10.2. The van der Waals surface area contributed by atoms with Crippen LogP contribution in [-0.4, -0.2) is 11.6 Å². The average molecular weight is 318 g/mol. The molecule has 0 saturated carbocycles. The van der Waals surface area contributed by atoms with Gasteiger partial charge in [-0.3, -0.25) is 9.59 Å². The standard InChI is InChI=1S/C22H22O2/c1-15(2)21(23)13-17-9-11-18(12-10-17)20-8-6-5-7-19(20)14-22(24)16(3)4/h5-12H,1,3,13-14H2,2,4H3. The zero-order chi connectivity index (χ0) is 17.7. The topological polar surface area (TPSA) is 34.1 Å². The minimum Gasteiger partial charge on any atom is -0.294 e. The Hall–Kier alpha value is -2.74. The summed E-state index contributed by atoms with van der Waals surface area (Å²) in [6.07, 6.45) is 0.715. The molecule has 0 N–H and O–H groups in total. The van der Waals surface area contributed by atoms with Crippen LogP contribution in [0.1, 0.15) is 25.0 Å². The fourth-order valence-electron chi connectivity index (χ4n) is 2.42. The molecular formula is C22H22O2. The van der Waals surface area contributed by atoms with Gasteiger partial charge in [-0.1, -0.05) is 61.7 Å². The van der Waals surface area contributed by atoms with E-state index in [-0.39, 0.29) is 11.6 Å². The highest BCUT2D eigenvalue weighted by molar-refractivity contribution is 5.97. The molecule has 122 valence electrons. The summed E-state index contributed by atoms with van der Waals surface area (Å²) in [5, 5.41) is 0. The van der Waals surface area contributed by atoms with Gasteiger partial charge in [0.15, 0.2) is 11.6 Å². The lowest BCUT2D eigenvalue weighted by atomic mass is 9.94. The Labute approximate surface area is 143 Å². The molecule has 0 aliphatic rings. The molecule has 0 radical (unpaired) electrons. The molecule has 0 saturated heterocycles. The van der Waals surface area contributed by atoms with Gasteiger partial charge in [-0.2, -0.15) is 0 Å². The van der Waals surface area contributed by atoms with E-state index in [1.165, 1.54) is 0 Å². The summed E-state index contributed by atoms with van der Waals surface area (Å²) in [6.45, 7) is 10.9. The van der Waals surface area contributed by atoms with Gasteiger partial charge in [0.1, 0.15) is 0 Å². The minimum atomic E-state index is 0.0473. The first kappa shape index (κ1) is 17.6. The first-order valence-corrected chi connectivity index (χ1v) is 7.93. The zero-order valence-electron chi connectivity index (χ0n) is 14.3. The van der Waals surface area contributed by atoms with Crippen molar-refractivity contribution in [1.29, 1.82) is 0 Å². The molecule has 0 aliphatic heterocycles. The third-order valence-electron chi connectivity index (χ3n) is 3.95. The van der Waals surface area contributed by atoms with Crippen LogP contribution in [0.15, 0.2) is 72.8 Å². The van der Waals surface area contributed by atoms with E-state index in [1.807, 2.05) is 48.5 Å². The maximum absolute atomic E-state index is 12.0. The number of allylic oxidation sites excluding steroid dienone is 2. The van der Waals surface area contributed by atoms with Crippen LogP contribution < -0.4 is 0 Å². The van der Waals surface area contributed by atoms with Crippen LogP contribution in [-0.2, 0) is 22.4 Å². The van der Waals surface area contributed by atoms with Crippen molar-refractivity contribution in [2.45, 2.75) is 26.7 Å². The highest BCUT2D eigenvalue weighted by atomic mass is 16.1. The summed E-state index contributed by atoms with van der Waals surface area (Å²) in [7, 11) is 0. The second kappa shape index (κ2) is 7.69. The van der Waals surface area contributed by atoms with Gasteiger partial charge < -0.3 is 0 Å². The number of rotatable bonds is 7. The predicted octanol–water partition coefficient (Wildman–Crippen LogP) is 4.73. The fourth-order valence-corrected chi connectivity index (χ4v) is 2.42. The summed E-state index contributed by atoms with van der Waals surface area (Å²) >= 11 is 0. The van der Waals surface area contributed by atoms with Gasteiger partial charge in [-0.25, -0.2) is 0 Å². The van der Waals surface area contributed by atoms with Crippen molar-refractivity contribution in [2.24, 2.45) is 0 Å². The van der Waals surface area contributed by atoms with E-state index in [2.05, 4.69) is 13.2 Å². The Morgan fingerprint density at radius 1 is 0.792 bits per heavy atom. The van der Waals surface area contributed by atoms with Gasteiger partial charge in [0.25, 0.3) is 0 Å². The molecule has 2 rings (SSSR count). The molecule has 0 spiro atoms. The van der Waals surface area contributed by atoms with E-state index in [9.17, 15) is 9.59 Å². The molecule has 0 aromatic heterocycles. The van der Waals surface area contributed by atoms with Crippen LogP contribution in [0.4, 0.5) is 0 Å². The molecule has 0 amide bonds. The number of carbonyl (C=O) groups excluding carboxylic acids is 2. The summed E-state index contributed by atoms with van der Waals surface area (Å²) < 4.78 is 0. The van der Waals surface area contributed by atoms with E-state index in [0.717, 1.165) is 22.3 Å². The van der Waals surface area contributed by atoms with E-state index >= 15 is 0 Å². The van der Waals surface area contributed by atoms with Gasteiger partial charge in [0, 0.05) is 12.8 Å². The van der Waals surface area contributed by atoms with Gasteiger partial charge in [0.2, 0.25) is 0 Å². The highest BCUT2D eigenvalue weighted by Crippen LogP contribution is 2.25. The van der Waals surface area contributed by atoms with Gasteiger partial charge >= 0.3 is 0 Å². The van der Waals surface area contributed by atoms with Crippen LogP contribution in [0.5, 0.6) is 0 Å². The van der Waals surface area contributed by atoms with Crippen LogP contribution in [0.25, 0.3) is 11.1 Å². The first-order chi connectivity index (χ1) is 11.4. The van der Waals surface area contributed by atoms with Crippen LogP contribution in [0, 0.1) is 0 Å². The van der Waals surface area contributed by atoms with E-state index < -0.39 is 0 Å². The number of hydrogen-bond donors (Lipinski definition) is 0. The SMILES string of the molecule is C=C(C)C(=O)Cc1ccc(-c2ccccc2CC(=O)C(=C)C)cc1. The van der Waals surface area contributed by atoms with Crippen molar-refractivity contribution in [2.75, 3.05) is 0 Å². The zero-order valence-corrected chi connectivity index (χ0v) is 14.3. The molecule has 0 fully saturated rings. The fraction of sp³-hybridized carbons (Fsp3) is 0.182. The average Bonchev–Trinajstić information content (AvgIpc) is 2.56. The third kappa shape index (κ3) is 4.39. The second-order valence-electron chi connectivity index (χ2n) is 6.11. The second-order valence-corrected chi connectivity index (χ2v) is 6.11. The van der Waals surface area contributed by atoms with Crippen LogP contribution in [0.3, 0.4) is 0 Å². The van der Waals surface area contributed by atoms with Gasteiger partial charge in [-0.05, 0) is 47.2 Å². The van der Waals surface area contributed by atoms with Crippen molar-refractivity contribution >= 4 is 11.6 Å². The maximum Gasteiger partial charge on any atom is 0.162 e. The molecule has 0 atom stereocenters. The predicted molar refractivity (Wildman–Crippen MR) is 98.9 cm³/mol. The maximum atomic E-state index is 12.0.